The van der Waals surface area contributed by atoms with E-state index in [2.05, 4.69) is 25.7 Å². The number of aromatic carboxylic acids is 1. The van der Waals surface area contributed by atoms with Gasteiger partial charge < -0.3 is 14.8 Å². The number of fused-ring (bicyclic) bond motifs is 1. The highest BCUT2D eigenvalue weighted by Gasteiger charge is 2.30. The average Bonchev–Trinajstić information content (AvgIpc) is 3.60. The van der Waals surface area contributed by atoms with Crippen molar-refractivity contribution in [3.8, 4) is 22.6 Å². The molecule has 5 aromatic rings. The van der Waals surface area contributed by atoms with Crippen molar-refractivity contribution < 1.29 is 19.1 Å². The predicted octanol–water partition coefficient (Wildman–Crippen LogP) is 4.64. The number of carboxylic acid groups (broad SMARTS) is 1. The number of hydrogen-bond donors (Lipinski definition) is 3. The molecule has 9 nitrogen and oxygen atoms in total. The van der Waals surface area contributed by atoms with Crippen LogP contribution in [0.3, 0.4) is 0 Å². The summed E-state index contributed by atoms with van der Waals surface area (Å²) in [4.78, 5) is 24.2. The Bertz CT molecular complexity index is 1620. The second-order valence-corrected chi connectivity index (χ2v) is 9.10. The number of carbonyl (C=O) groups is 2. The summed E-state index contributed by atoms with van der Waals surface area (Å²) in [5, 5.41) is 28.6. The second kappa shape index (κ2) is 9.78. The summed E-state index contributed by atoms with van der Waals surface area (Å²) < 4.78 is 5.88. The van der Waals surface area contributed by atoms with Crippen LogP contribution in [0, 0.1) is 0 Å². The van der Waals surface area contributed by atoms with E-state index < -0.39 is 5.97 Å². The molecule has 38 heavy (non-hydrogen) atoms. The molecule has 0 aliphatic carbocycles. The summed E-state index contributed by atoms with van der Waals surface area (Å²) in [5.41, 5.74) is 5.82. The number of aromatic amines is 1. The van der Waals surface area contributed by atoms with Gasteiger partial charge in [-0.25, -0.2) is 4.79 Å². The van der Waals surface area contributed by atoms with Gasteiger partial charge in [0.1, 0.15) is 0 Å². The molecule has 0 saturated heterocycles. The van der Waals surface area contributed by atoms with Crippen LogP contribution in [0.15, 0.2) is 83.3 Å². The van der Waals surface area contributed by atoms with E-state index in [1.54, 1.807) is 24.3 Å². The summed E-state index contributed by atoms with van der Waals surface area (Å²) >= 11 is 0. The Morgan fingerprint density at radius 3 is 2.47 bits per heavy atom. The van der Waals surface area contributed by atoms with Crippen molar-refractivity contribution >= 4 is 11.9 Å². The Hall–Kier alpha value is -5.05. The van der Waals surface area contributed by atoms with Gasteiger partial charge in [0.05, 0.1) is 17.3 Å². The standard InChI is InChI=1S/C29H23N5O4/c35-27-21-9-5-4-8-20(21)16-23(30-27)26-25(17-10-12-19(13-11-17)29(36)37)22(31-33-26)14-15-24-32-34-28(38-24)18-6-2-1-3-7-18/h1-13,23H,14-16H2,(H,30,35)(H,31,33)(H,36,37). The average molecular weight is 506 g/mol. The largest absolute Gasteiger partial charge is 0.478 e. The van der Waals surface area contributed by atoms with Crippen LogP contribution < -0.4 is 5.32 Å². The highest BCUT2D eigenvalue weighted by atomic mass is 16.4. The van der Waals surface area contributed by atoms with Crippen molar-refractivity contribution in [1.29, 1.82) is 0 Å². The quantitative estimate of drug-likeness (QED) is 0.293. The number of aryl methyl sites for hydroxylation is 2. The maximum absolute atomic E-state index is 12.8. The van der Waals surface area contributed by atoms with E-state index >= 15 is 0 Å². The first-order valence-electron chi connectivity index (χ1n) is 12.2. The summed E-state index contributed by atoms with van der Waals surface area (Å²) in [6.07, 6.45) is 1.59. The van der Waals surface area contributed by atoms with Crippen molar-refractivity contribution in [2.24, 2.45) is 0 Å². The molecule has 9 heteroatoms. The third-order valence-electron chi connectivity index (χ3n) is 6.69. The molecule has 0 saturated carbocycles. The van der Waals surface area contributed by atoms with E-state index in [9.17, 15) is 14.7 Å². The van der Waals surface area contributed by atoms with Gasteiger partial charge in [0, 0.05) is 28.8 Å². The van der Waals surface area contributed by atoms with Crippen LogP contribution in [0.1, 0.15) is 49.6 Å². The highest BCUT2D eigenvalue weighted by molar-refractivity contribution is 5.97. The minimum atomic E-state index is -0.994. The third-order valence-corrected chi connectivity index (χ3v) is 6.69. The molecule has 0 fully saturated rings. The molecule has 0 radical (unpaired) electrons. The number of carboxylic acids is 1. The Morgan fingerprint density at radius 2 is 1.68 bits per heavy atom. The van der Waals surface area contributed by atoms with E-state index in [1.807, 2.05) is 54.6 Å². The van der Waals surface area contributed by atoms with Gasteiger partial charge in [-0.3, -0.25) is 9.89 Å². The molecular formula is C29H23N5O4. The molecule has 1 aliphatic rings. The first-order chi connectivity index (χ1) is 18.6. The van der Waals surface area contributed by atoms with E-state index in [0.29, 0.717) is 42.3 Å². The monoisotopic (exact) mass is 505 g/mol. The molecule has 6 rings (SSSR count). The second-order valence-electron chi connectivity index (χ2n) is 9.10. The van der Waals surface area contributed by atoms with Crippen LogP contribution in [0.5, 0.6) is 0 Å². The fraction of sp³-hybridized carbons (Fsp3) is 0.138. The highest BCUT2D eigenvalue weighted by Crippen LogP contribution is 2.35. The first kappa shape index (κ1) is 23.4. The molecule has 3 N–H and O–H groups in total. The van der Waals surface area contributed by atoms with Crippen LogP contribution >= 0.6 is 0 Å². The minimum Gasteiger partial charge on any atom is -0.478 e. The predicted molar refractivity (Wildman–Crippen MR) is 138 cm³/mol. The fourth-order valence-electron chi connectivity index (χ4n) is 4.80. The van der Waals surface area contributed by atoms with E-state index in [1.165, 1.54) is 0 Å². The topological polar surface area (TPSA) is 134 Å². The lowest BCUT2D eigenvalue weighted by molar-refractivity contribution is 0.0696. The number of hydrogen-bond acceptors (Lipinski definition) is 6. The van der Waals surface area contributed by atoms with Gasteiger partial charge in [-0.05, 0) is 54.3 Å². The van der Waals surface area contributed by atoms with Crippen LogP contribution in [0.4, 0.5) is 0 Å². The lowest BCUT2D eigenvalue weighted by Gasteiger charge is -2.25. The summed E-state index contributed by atoms with van der Waals surface area (Å²) in [7, 11) is 0. The van der Waals surface area contributed by atoms with E-state index in [0.717, 1.165) is 27.9 Å². The first-order valence-corrected chi connectivity index (χ1v) is 12.2. The molecule has 3 heterocycles. The maximum Gasteiger partial charge on any atom is 0.335 e. The Balaban J connectivity index is 1.32. The number of nitrogens with zero attached hydrogens (tertiary/aromatic N) is 3. The molecule has 188 valence electrons. The van der Waals surface area contributed by atoms with Gasteiger partial charge in [0.15, 0.2) is 0 Å². The summed E-state index contributed by atoms with van der Waals surface area (Å²) in [6.45, 7) is 0. The third kappa shape index (κ3) is 4.45. The Labute approximate surface area is 217 Å². The number of aromatic nitrogens is 4. The molecule has 0 spiro atoms. The van der Waals surface area contributed by atoms with Crippen molar-refractivity contribution in [2.75, 3.05) is 0 Å². The van der Waals surface area contributed by atoms with Crippen molar-refractivity contribution in [3.63, 3.8) is 0 Å². The van der Waals surface area contributed by atoms with Crippen molar-refractivity contribution in [1.82, 2.24) is 25.7 Å². The molecule has 1 amide bonds. The van der Waals surface area contributed by atoms with Crippen molar-refractivity contribution in [3.05, 3.63) is 113 Å². The van der Waals surface area contributed by atoms with Crippen molar-refractivity contribution in [2.45, 2.75) is 25.3 Å². The normalized spacial score (nSPS) is 14.6. The summed E-state index contributed by atoms with van der Waals surface area (Å²) in [5.74, 6) is -0.190. The zero-order valence-electron chi connectivity index (χ0n) is 20.2. The van der Waals surface area contributed by atoms with Gasteiger partial charge in [-0.2, -0.15) is 5.10 Å². The molecular weight excluding hydrogens is 482 g/mol. The SMILES string of the molecule is O=C(O)c1ccc(-c2c(C3Cc4ccccc4C(=O)N3)n[nH]c2CCc2nnc(-c3ccccc3)o2)cc1. The number of rotatable bonds is 7. The van der Waals surface area contributed by atoms with Gasteiger partial charge in [0.2, 0.25) is 11.8 Å². The number of carbonyl (C=O) groups excluding carboxylic acids is 1. The van der Waals surface area contributed by atoms with Gasteiger partial charge in [0.25, 0.3) is 5.91 Å². The molecule has 1 atom stereocenters. The van der Waals surface area contributed by atoms with Gasteiger partial charge >= 0.3 is 5.97 Å². The number of nitrogens with one attached hydrogen (secondary N) is 2. The Kier molecular flexibility index (Phi) is 6.01. The number of H-pyrrole nitrogens is 1. The Morgan fingerprint density at radius 1 is 0.921 bits per heavy atom. The zero-order chi connectivity index (χ0) is 26.1. The molecule has 2 aromatic heterocycles. The lowest BCUT2D eigenvalue weighted by atomic mass is 9.89. The van der Waals surface area contributed by atoms with Crippen LogP contribution in [0.25, 0.3) is 22.6 Å². The molecule has 3 aromatic carbocycles. The van der Waals surface area contributed by atoms with Gasteiger partial charge in [-0.15, -0.1) is 10.2 Å². The number of benzene rings is 3. The molecule has 1 aliphatic heterocycles. The van der Waals surface area contributed by atoms with E-state index in [4.69, 9.17) is 4.42 Å². The minimum absolute atomic E-state index is 0.145. The zero-order valence-corrected chi connectivity index (χ0v) is 20.2. The molecule has 1 unspecified atom stereocenters. The lowest BCUT2D eigenvalue weighted by Crippen LogP contribution is -2.35. The fourth-order valence-corrected chi connectivity index (χ4v) is 4.80. The van der Waals surface area contributed by atoms with Gasteiger partial charge in [-0.1, -0.05) is 48.5 Å². The maximum atomic E-state index is 12.8. The molecule has 0 bridgehead atoms. The van der Waals surface area contributed by atoms with Crippen LogP contribution in [-0.4, -0.2) is 37.4 Å². The summed E-state index contributed by atoms with van der Waals surface area (Å²) in [6, 6.07) is 23.4. The smallest absolute Gasteiger partial charge is 0.335 e. The van der Waals surface area contributed by atoms with E-state index in [-0.39, 0.29) is 17.5 Å². The van der Waals surface area contributed by atoms with Crippen LogP contribution in [-0.2, 0) is 19.3 Å². The number of amides is 1. The van der Waals surface area contributed by atoms with Crippen LogP contribution in [0.2, 0.25) is 0 Å².